The third kappa shape index (κ3) is 2.80. The second kappa shape index (κ2) is 5.44. The number of halogens is 1. The van der Waals surface area contributed by atoms with E-state index in [-0.39, 0.29) is 11.8 Å². The van der Waals surface area contributed by atoms with Crippen molar-refractivity contribution < 1.29 is 9.59 Å². The van der Waals surface area contributed by atoms with Crippen LogP contribution in [0.1, 0.15) is 23.7 Å². The number of likely N-dealkylation sites (tertiary alicyclic amines) is 1. The lowest BCUT2D eigenvalue weighted by Crippen LogP contribution is -2.40. The summed E-state index contributed by atoms with van der Waals surface area (Å²) in [5, 5.41) is 2.66. The number of benzene rings is 1. The molecule has 1 aliphatic heterocycles. The number of amides is 2. The molecule has 108 valence electrons. The summed E-state index contributed by atoms with van der Waals surface area (Å²) >= 11 is 3.33. The van der Waals surface area contributed by atoms with Gasteiger partial charge >= 0.3 is 0 Å². The Balaban J connectivity index is 2.17. The van der Waals surface area contributed by atoms with Gasteiger partial charge in [0.15, 0.2) is 0 Å². The SMILES string of the molecule is CNC(=O)C1(C)CCN(C(=O)c2cc(N)cc(Br)c2)C1. The van der Waals surface area contributed by atoms with Gasteiger partial charge in [0.1, 0.15) is 0 Å². The second-order valence-electron chi connectivity index (χ2n) is 5.39. The fraction of sp³-hybridized carbons (Fsp3) is 0.429. The number of hydrogen-bond donors (Lipinski definition) is 2. The highest BCUT2D eigenvalue weighted by atomic mass is 79.9. The van der Waals surface area contributed by atoms with Gasteiger partial charge in [0.05, 0.1) is 5.41 Å². The fourth-order valence-corrected chi connectivity index (χ4v) is 3.05. The Bertz CT molecular complexity index is 541. The molecule has 1 unspecified atom stereocenters. The Labute approximate surface area is 126 Å². The van der Waals surface area contributed by atoms with Gasteiger partial charge in [-0.05, 0) is 31.5 Å². The molecule has 1 aromatic carbocycles. The highest BCUT2D eigenvalue weighted by molar-refractivity contribution is 9.10. The van der Waals surface area contributed by atoms with Crippen LogP contribution in [-0.2, 0) is 4.79 Å². The van der Waals surface area contributed by atoms with Crippen molar-refractivity contribution in [3.63, 3.8) is 0 Å². The maximum atomic E-state index is 12.5. The van der Waals surface area contributed by atoms with Crippen LogP contribution in [0.3, 0.4) is 0 Å². The first kappa shape index (κ1) is 14.8. The minimum Gasteiger partial charge on any atom is -0.399 e. The molecule has 0 aromatic heterocycles. The van der Waals surface area contributed by atoms with Crippen molar-refractivity contribution in [3.05, 3.63) is 28.2 Å². The molecule has 0 saturated carbocycles. The number of nitrogens with two attached hydrogens (primary N) is 1. The van der Waals surface area contributed by atoms with Crippen molar-refractivity contribution in [2.24, 2.45) is 5.41 Å². The lowest BCUT2D eigenvalue weighted by atomic mass is 9.89. The highest BCUT2D eigenvalue weighted by Crippen LogP contribution is 2.31. The number of nitrogens with one attached hydrogen (secondary N) is 1. The lowest BCUT2D eigenvalue weighted by Gasteiger charge is -2.22. The van der Waals surface area contributed by atoms with Crippen molar-refractivity contribution >= 4 is 33.4 Å². The second-order valence-corrected chi connectivity index (χ2v) is 6.31. The third-order valence-electron chi connectivity index (χ3n) is 3.70. The summed E-state index contributed by atoms with van der Waals surface area (Å²) in [5.74, 6) is -0.118. The van der Waals surface area contributed by atoms with Gasteiger partial charge < -0.3 is 16.0 Å². The Kier molecular flexibility index (Phi) is 4.04. The zero-order valence-electron chi connectivity index (χ0n) is 11.6. The molecule has 0 spiro atoms. The third-order valence-corrected chi connectivity index (χ3v) is 4.16. The van der Waals surface area contributed by atoms with Crippen molar-refractivity contribution in [1.29, 1.82) is 0 Å². The Morgan fingerprint density at radius 2 is 2.10 bits per heavy atom. The molecule has 6 heteroatoms. The van der Waals surface area contributed by atoms with Crippen molar-refractivity contribution in [2.45, 2.75) is 13.3 Å². The normalized spacial score (nSPS) is 21.9. The first-order valence-corrected chi connectivity index (χ1v) is 7.22. The molecule has 1 aromatic rings. The standard InChI is InChI=1S/C14H18BrN3O2/c1-14(13(20)17-2)3-4-18(8-14)12(19)9-5-10(15)7-11(16)6-9/h5-7H,3-4,8,16H2,1-2H3,(H,17,20). The largest absolute Gasteiger partial charge is 0.399 e. The summed E-state index contributed by atoms with van der Waals surface area (Å²) in [6, 6.07) is 5.15. The average molecular weight is 340 g/mol. The number of hydrogen-bond acceptors (Lipinski definition) is 3. The first-order valence-electron chi connectivity index (χ1n) is 6.43. The Morgan fingerprint density at radius 1 is 1.40 bits per heavy atom. The van der Waals surface area contributed by atoms with E-state index >= 15 is 0 Å². The molecule has 2 rings (SSSR count). The summed E-state index contributed by atoms with van der Waals surface area (Å²) in [7, 11) is 1.62. The first-order chi connectivity index (χ1) is 9.35. The summed E-state index contributed by atoms with van der Waals surface area (Å²) in [6.45, 7) is 2.89. The molecule has 5 nitrogen and oxygen atoms in total. The Morgan fingerprint density at radius 3 is 2.70 bits per heavy atom. The molecule has 1 fully saturated rings. The van der Waals surface area contributed by atoms with Crippen LogP contribution >= 0.6 is 15.9 Å². The van der Waals surface area contributed by atoms with Crippen molar-refractivity contribution in [2.75, 3.05) is 25.9 Å². The van der Waals surface area contributed by atoms with Gasteiger partial charge in [-0.2, -0.15) is 0 Å². The van der Waals surface area contributed by atoms with E-state index in [1.807, 2.05) is 6.92 Å². The van der Waals surface area contributed by atoms with Crippen LogP contribution in [0.15, 0.2) is 22.7 Å². The Hall–Kier alpha value is -1.56. The van der Waals surface area contributed by atoms with E-state index in [1.54, 1.807) is 30.1 Å². The van der Waals surface area contributed by atoms with E-state index in [9.17, 15) is 9.59 Å². The molecular formula is C14H18BrN3O2. The molecule has 0 aliphatic carbocycles. The average Bonchev–Trinajstić information content (AvgIpc) is 2.79. The van der Waals surface area contributed by atoms with Gasteiger partial charge in [-0.3, -0.25) is 9.59 Å². The minimum absolute atomic E-state index is 0.0263. The van der Waals surface area contributed by atoms with E-state index in [2.05, 4.69) is 21.2 Å². The molecule has 2 amide bonds. The molecule has 0 radical (unpaired) electrons. The summed E-state index contributed by atoms with van der Waals surface area (Å²) in [5.41, 5.74) is 6.32. The van der Waals surface area contributed by atoms with Crippen LogP contribution in [0.25, 0.3) is 0 Å². The number of nitrogens with zero attached hydrogens (tertiary/aromatic N) is 1. The van der Waals surface area contributed by atoms with Gasteiger partial charge in [-0.25, -0.2) is 0 Å². The number of carbonyl (C=O) groups is 2. The van der Waals surface area contributed by atoms with Crippen LogP contribution in [-0.4, -0.2) is 36.9 Å². The number of anilines is 1. The predicted molar refractivity (Wildman–Crippen MR) is 81.2 cm³/mol. The number of carbonyl (C=O) groups excluding carboxylic acids is 2. The zero-order chi connectivity index (χ0) is 14.9. The van der Waals surface area contributed by atoms with Crippen molar-refractivity contribution in [1.82, 2.24) is 10.2 Å². The van der Waals surface area contributed by atoms with Crippen LogP contribution in [0.2, 0.25) is 0 Å². The highest BCUT2D eigenvalue weighted by Gasteiger charge is 2.41. The lowest BCUT2D eigenvalue weighted by molar-refractivity contribution is -0.128. The maximum Gasteiger partial charge on any atom is 0.254 e. The zero-order valence-corrected chi connectivity index (χ0v) is 13.2. The number of nitrogen functional groups attached to an aromatic ring is 1. The molecule has 0 bridgehead atoms. The van der Waals surface area contributed by atoms with Gasteiger partial charge in [0, 0.05) is 35.9 Å². The molecule has 20 heavy (non-hydrogen) atoms. The molecule has 1 saturated heterocycles. The van der Waals surface area contributed by atoms with E-state index in [0.717, 1.165) is 4.47 Å². The van der Waals surface area contributed by atoms with Gasteiger partial charge in [0.2, 0.25) is 5.91 Å². The molecule has 1 atom stereocenters. The van der Waals surface area contributed by atoms with Crippen LogP contribution in [0, 0.1) is 5.41 Å². The predicted octanol–water partition coefficient (Wildman–Crippen LogP) is 1.63. The minimum atomic E-state index is -0.512. The quantitative estimate of drug-likeness (QED) is 0.804. The summed E-state index contributed by atoms with van der Waals surface area (Å²) < 4.78 is 0.772. The van der Waals surface area contributed by atoms with Gasteiger partial charge in [0.25, 0.3) is 5.91 Å². The van der Waals surface area contributed by atoms with E-state index < -0.39 is 5.41 Å². The summed E-state index contributed by atoms with van der Waals surface area (Å²) in [4.78, 5) is 26.0. The van der Waals surface area contributed by atoms with E-state index in [0.29, 0.717) is 30.8 Å². The van der Waals surface area contributed by atoms with Gasteiger partial charge in [-0.15, -0.1) is 0 Å². The van der Waals surface area contributed by atoms with Crippen LogP contribution in [0.5, 0.6) is 0 Å². The van der Waals surface area contributed by atoms with E-state index in [4.69, 9.17) is 5.73 Å². The number of rotatable bonds is 2. The fourth-order valence-electron chi connectivity index (χ4n) is 2.54. The molecule has 1 aliphatic rings. The smallest absolute Gasteiger partial charge is 0.254 e. The van der Waals surface area contributed by atoms with E-state index in [1.165, 1.54) is 0 Å². The van der Waals surface area contributed by atoms with Crippen LogP contribution in [0.4, 0.5) is 5.69 Å². The molecular weight excluding hydrogens is 322 g/mol. The topological polar surface area (TPSA) is 75.4 Å². The molecule has 3 N–H and O–H groups in total. The van der Waals surface area contributed by atoms with Crippen molar-refractivity contribution in [3.8, 4) is 0 Å². The molecule has 1 heterocycles. The van der Waals surface area contributed by atoms with Crippen LogP contribution < -0.4 is 11.1 Å². The summed E-state index contributed by atoms with van der Waals surface area (Å²) in [6.07, 6.45) is 0.669. The monoisotopic (exact) mass is 339 g/mol. The maximum absolute atomic E-state index is 12.5. The van der Waals surface area contributed by atoms with Gasteiger partial charge in [-0.1, -0.05) is 15.9 Å².